The highest BCUT2D eigenvalue weighted by atomic mass is 15.1. The first-order valence-electron chi connectivity index (χ1n) is 10.4. The number of rotatable bonds is 4. The molecule has 1 fully saturated rings. The molecule has 7 heteroatoms. The van der Waals surface area contributed by atoms with Gasteiger partial charge in [-0.25, -0.2) is 15.0 Å². The van der Waals surface area contributed by atoms with E-state index >= 15 is 0 Å². The molecule has 4 heterocycles. The molecule has 1 aliphatic rings. The standard InChI is InChI=1S/C23H25N7/c1-15-11-27-23(28-19-7-5-18(24)6-8-19)29-22(15)20-13-26-21-9-4-17(14-30(20)21)16-3-2-10-25-12-16/h2-4,9-14,18-19H,5-8,24H2,1H3,(H,27,28,29). The number of pyridine rings is 2. The molecular weight excluding hydrogens is 374 g/mol. The number of hydrogen-bond acceptors (Lipinski definition) is 6. The zero-order chi connectivity index (χ0) is 20.5. The molecule has 0 radical (unpaired) electrons. The summed E-state index contributed by atoms with van der Waals surface area (Å²) in [5.74, 6) is 0.662. The monoisotopic (exact) mass is 399 g/mol. The Morgan fingerprint density at radius 1 is 1.00 bits per heavy atom. The fourth-order valence-corrected chi connectivity index (χ4v) is 4.08. The lowest BCUT2D eigenvalue weighted by molar-refractivity contribution is 0.410. The van der Waals surface area contributed by atoms with Gasteiger partial charge in [-0.3, -0.25) is 9.38 Å². The molecule has 4 aromatic rings. The summed E-state index contributed by atoms with van der Waals surface area (Å²) in [7, 11) is 0. The number of imidazole rings is 1. The smallest absolute Gasteiger partial charge is 0.223 e. The number of nitrogens with one attached hydrogen (secondary N) is 1. The van der Waals surface area contributed by atoms with Crippen molar-refractivity contribution >= 4 is 11.6 Å². The Bertz CT molecular complexity index is 1160. The molecule has 5 rings (SSSR count). The topological polar surface area (TPSA) is 94.0 Å². The molecule has 7 nitrogen and oxygen atoms in total. The molecule has 0 unspecified atom stereocenters. The normalized spacial score (nSPS) is 19.1. The molecule has 152 valence electrons. The van der Waals surface area contributed by atoms with Crippen molar-refractivity contribution in [2.24, 2.45) is 5.73 Å². The maximum Gasteiger partial charge on any atom is 0.223 e. The SMILES string of the molecule is Cc1cnc(NC2CCC(N)CC2)nc1-c1cnc2ccc(-c3cccnc3)cn12. The predicted molar refractivity (Wildman–Crippen MR) is 118 cm³/mol. The Hall–Kier alpha value is -3.32. The van der Waals surface area contributed by atoms with Crippen molar-refractivity contribution in [3.63, 3.8) is 0 Å². The van der Waals surface area contributed by atoms with Crippen LogP contribution in [0.1, 0.15) is 31.2 Å². The molecule has 0 aliphatic heterocycles. The van der Waals surface area contributed by atoms with E-state index < -0.39 is 0 Å². The van der Waals surface area contributed by atoms with E-state index in [1.807, 2.05) is 37.6 Å². The minimum atomic E-state index is 0.324. The number of aryl methyl sites for hydroxylation is 1. The van der Waals surface area contributed by atoms with Gasteiger partial charge in [0.2, 0.25) is 5.95 Å². The van der Waals surface area contributed by atoms with Gasteiger partial charge in [0.05, 0.1) is 17.6 Å². The van der Waals surface area contributed by atoms with E-state index in [2.05, 4.69) is 43.0 Å². The average Bonchev–Trinajstić information content (AvgIpc) is 3.20. The first kappa shape index (κ1) is 18.7. The molecule has 0 amide bonds. The van der Waals surface area contributed by atoms with Crippen molar-refractivity contribution in [3.05, 3.63) is 60.8 Å². The Labute approximate surface area is 175 Å². The van der Waals surface area contributed by atoms with Gasteiger partial charge in [0.25, 0.3) is 0 Å². The summed E-state index contributed by atoms with van der Waals surface area (Å²) < 4.78 is 2.08. The van der Waals surface area contributed by atoms with Crippen molar-refractivity contribution in [1.29, 1.82) is 0 Å². The van der Waals surface area contributed by atoms with E-state index in [1.165, 1.54) is 0 Å². The van der Waals surface area contributed by atoms with Crippen molar-refractivity contribution < 1.29 is 0 Å². The third-order valence-corrected chi connectivity index (χ3v) is 5.82. The van der Waals surface area contributed by atoms with Crippen LogP contribution in [0.5, 0.6) is 0 Å². The van der Waals surface area contributed by atoms with Gasteiger partial charge in [0, 0.05) is 48.0 Å². The molecule has 0 atom stereocenters. The molecule has 3 N–H and O–H groups in total. The quantitative estimate of drug-likeness (QED) is 0.541. The van der Waals surface area contributed by atoms with Crippen LogP contribution in [0.2, 0.25) is 0 Å². The molecule has 1 saturated carbocycles. The van der Waals surface area contributed by atoms with Gasteiger partial charge < -0.3 is 11.1 Å². The third-order valence-electron chi connectivity index (χ3n) is 5.82. The summed E-state index contributed by atoms with van der Waals surface area (Å²) in [5, 5.41) is 3.50. The molecule has 1 aliphatic carbocycles. The molecular formula is C23H25N7. The minimum Gasteiger partial charge on any atom is -0.351 e. The van der Waals surface area contributed by atoms with Gasteiger partial charge in [0.15, 0.2) is 0 Å². The summed E-state index contributed by atoms with van der Waals surface area (Å²) >= 11 is 0. The Morgan fingerprint density at radius 3 is 2.67 bits per heavy atom. The number of aromatic nitrogens is 5. The number of hydrogen-bond donors (Lipinski definition) is 2. The van der Waals surface area contributed by atoms with Crippen LogP contribution in [0.25, 0.3) is 28.2 Å². The number of nitrogens with zero attached hydrogens (tertiary/aromatic N) is 5. The first-order valence-corrected chi connectivity index (χ1v) is 10.4. The molecule has 0 saturated heterocycles. The Kier molecular flexibility index (Phi) is 4.88. The largest absolute Gasteiger partial charge is 0.351 e. The van der Waals surface area contributed by atoms with Crippen molar-refractivity contribution in [2.75, 3.05) is 5.32 Å². The summed E-state index contributed by atoms with van der Waals surface area (Å²) in [5.41, 5.74) is 11.9. The summed E-state index contributed by atoms with van der Waals surface area (Å²) in [6.07, 6.45) is 13.7. The first-order chi connectivity index (χ1) is 14.7. The maximum atomic E-state index is 6.03. The van der Waals surface area contributed by atoms with E-state index in [1.54, 1.807) is 6.20 Å². The van der Waals surface area contributed by atoms with Gasteiger partial charge >= 0.3 is 0 Å². The molecule has 0 aromatic carbocycles. The van der Waals surface area contributed by atoms with E-state index in [4.69, 9.17) is 10.7 Å². The second kappa shape index (κ2) is 7.84. The highest BCUT2D eigenvalue weighted by Crippen LogP contribution is 2.27. The predicted octanol–water partition coefficient (Wildman–Crippen LogP) is 3.84. The minimum absolute atomic E-state index is 0.324. The fourth-order valence-electron chi connectivity index (χ4n) is 4.08. The Balaban J connectivity index is 1.50. The highest BCUT2D eigenvalue weighted by molar-refractivity contribution is 5.68. The zero-order valence-electron chi connectivity index (χ0n) is 17.0. The summed E-state index contributed by atoms with van der Waals surface area (Å²) in [6, 6.07) is 8.78. The van der Waals surface area contributed by atoms with Crippen LogP contribution >= 0.6 is 0 Å². The fraction of sp³-hybridized carbons (Fsp3) is 0.304. The van der Waals surface area contributed by atoms with Crippen LogP contribution in [-0.2, 0) is 0 Å². The third kappa shape index (κ3) is 3.64. The molecule has 0 bridgehead atoms. The second-order valence-corrected chi connectivity index (χ2v) is 8.01. The lowest BCUT2D eigenvalue weighted by Crippen LogP contribution is -2.33. The van der Waals surface area contributed by atoms with E-state index in [0.717, 1.165) is 59.4 Å². The number of anilines is 1. The van der Waals surface area contributed by atoms with Crippen LogP contribution < -0.4 is 11.1 Å². The maximum absolute atomic E-state index is 6.03. The lowest BCUT2D eigenvalue weighted by Gasteiger charge is -2.26. The van der Waals surface area contributed by atoms with Crippen molar-refractivity contribution in [1.82, 2.24) is 24.3 Å². The van der Waals surface area contributed by atoms with E-state index in [9.17, 15) is 0 Å². The second-order valence-electron chi connectivity index (χ2n) is 8.01. The van der Waals surface area contributed by atoms with Crippen LogP contribution in [-0.4, -0.2) is 36.4 Å². The van der Waals surface area contributed by atoms with Gasteiger partial charge in [-0.05, 0) is 56.4 Å². The van der Waals surface area contributed by atoms with Gasteiger partial charge in [-0.2, -0.15) is 0 Å². The van der Waals surface area contributed by atoms with E-state index in [0.29, 0.717) is 18.0 Å². The van der Waals surface area contributed by atoms with Crippen LogP contribution in [0.15, 0.2) is 55.2 Å². The van der Waals surface area contributed by atoms with Crippen molar-refractivity contribution in [3.8, 4) is 22.5 Å². The van der Waals surface area contributed by atoms with Gasteiger partial charge in [0.1, 0.15) is 5.65 Å². The van der Waals surface area contributed by atoms with E-state index in [-0.39, 0.29) is 0 Å². The van der Waals surface area contributed by atoms with Crippen LogP contribution in [0, 0.1) is 6.92 Å². The van der Waals surface area contributed by atoms with Crippen LogP contribution in [0.3, 0.4) is 0 Å². The van der Waals surface area contributed by atoms with Crippen LogP contribution in [0.4, 0.5) is 5.95 Å². The number of fused-ring (bicyclic) bond motifs is 1. The van der Waals surface area contributed by atoms with Gasteiger partial charge in [-0.1, -0.05) is 6.07 Å². The summed E-state index contributed by atoms with van der Waals surface area (Å²) in [4.78, 5) is 18.2. The average molecular weight is 400 g/mol. The molecule has 4 aromatic heterocycles. The molecule has 30 heavy (non-hydrogen) atoms. The highest BCUT2D eigenvalue weighted by Gasteiger charge is 2.20. The lowest BCUT2D eigenvalue weighted by atomic mass is 9.92. The molecule has 0 spiro atoms. The zero-order valence-corrected chi connectivity index (χ0v) is 17.0. The van der Waals surface area contributed by atoms with Crippen molar-refractivity contribution in [2.45, 2.75) is 44.7 Å². The summed E-state index contributed by atoms with van der Waals surface area (Å²) in [6.45, 7) is 2.03. The van der Waals surface area contributed by atoms with Gasteiger partial charge in [-0.15, -0.1) is 0 Å². The number of nitrogens with two attached hydrogens (primary N) is 1. The Morgan fingerprint density at radius 2 is 1.87 bits per heavy atom.